The summed E-state index contributed by atoms with van der Waals surface area (Å²) < 4.78 is 25.3. The summed E-state index contributed by atoms with van der Waals surface area (Å²) >= 11 is 0. The van der Waals surface area contributed by atoms with Gasteiger partial charge in [0.25, 0.3) is 5.91 Å². The number of ether oxygens (including phenoxy) is 2. The molecule has 1 aliphatic rings. The van der Waals surface area contributed by atoms with Crippen molar-refractivity contribution in [3.8, 4) is 17.2 Å². The highest BCUT2D eigenvalue weighted by atomic mass is 19.1. The molecule has 35 heavy (non-hydrogen) atoms. The fourth-order valence-electron chi connectivity index (χ4n) is 3.84. The summed E-state index contributed by atoms with van der Waals surface area (Å²) in [5.74, 6) is 0.201. The largest absolute Gasteiger partial charge is 0.496 e. The number of halogens is 1. The average molecular weight is 476 g/mol. The monoisotopic (exact) mass is 475 g/mol. The van der Waals surface area contributed by atoms with Crippen molar-refractivity contribution in [1.29, 1.82) is 0 Å². The van der Waals surface area contributed by atoms with Crippen molar-refractivity contribution in [2.75, 3.05) is 33.3 Å². The van der Waals surface area contributed by atoms with E-state index in [4.69, 9.17) is 9.47 Å². The number of amides is 2. The van der Waals surface area contributed by atoms with E-state index in [1.807, 2.05) is 6.07 Å². The molecule has 0 bridgehead atoms. The van der Waals surface area contributed by atoms with Crippen LogP contribution in [0.3, 0.4) is 0 Å². The molecule has 1 aromatic heterocycles. The van der Waals surface area contributed by atoms with E-state index in [0.717, 1.165) is 0 Å². The Labute approximate surface area is 203 Å². The van der Waals surface area contributed by atoms with Crippen LogP contribution < -0.4 is 9.47 Å². The van der Waals surface area contributed by atoms with Crippen LogP contribution in [0.1, 0.15) is 22.3 Å². The van der Waals surface area contributed by atoms with Crippen molar-refractivity contribution in [3.63, 3.8) is 0 Å². The van der Waals surface area contributed by atoms with Gasteiger partial charge in [-0.3, -0.25) is 14.6 Å². The van der Waals surface area contributed by atoms with Crippen LogP contribution in [0.5, 0.6) is 17.2 Å². The Morgan fingerprint density at radius 1 is 0.971 bits per heavy atom. The van der Waals surface area contributed by atoms with Crippen LogP contribution in [-0.4, -0.2) is 59.9 Å². The molecular formula is C27H26FN3O4. The minimum atomic E-state index is -0.538. The third kappa shape index (κ3) is 6.03. The molecule has 0 unspecified atom stereocenters. The average Bonchev–Trinajstić information content (AvgIpc) is 3.15. The zero-order chi connectivity index (χ0) is 24.6. The van der Waals surface area contributed by atoms with Gasteiger partial charge in [0.2, 0.25) is 5.91 Å². The van der Waals surface area contributed by atoms with E-state index in [1.165, 1.54) is 31.5 Å². The highest BCUT2D eigenvalue weighted by molar-refractivity contribution is 5.97. The Kier molecular flexibility index (Phi) is 7.72. The van der Waals surface area contributed by atoms with Gasteiger partial charge in [-0.05, 0) is 54.5 Å². The van der Waals surface area contributed by atoms with Crippen molar-refractivity contribution in [2.45, 2.75) is 6.42 Å². The number of pyridine rings is 1. The summed E-state index contributed by atoms with van der Waals surface area (Å²) in [7, 11) is 1.54. The van der Waals surface area contributed by atoms with E-state index in [9.17, 15) is 14.0 Å². The molecule has 1 aliphatic heterocycles. The molecule has 0 N–H and O–H groups in total. The maximum atomic E-state index is 14.5. The van der Waals surface area contributed by atoms with Crippen molar-refractivity contribution in [1.82, 2.24) is 14.8 Å². The number of para-hydroxylation sites is 1. The summed E-state index contributed by atoms with van der Waals surface area (Å²) in [6.07, 6.45) is 6.76. The molecule has 0 aliphatic carbocycles. The summed E-state index contributed by atoms with van der Waals surface area (Å²) in [6.45, 7) is 1.92. The predicted molar refractivity (Wildman–Crippen MR) is 130 cm³/mol. The number of benzene rings is 2. The Bertz CT molecular complexity index is 1220. The van der Waals surface area contributed by atoms with Gasteiger partial charge < -0.3 is 19.3 Å². The molecule has 2 amide bonds. The van der Waals surface area contributed by atoms with Crippen molar-refractivity contribution in [2.24, 2.45) is 0 Å². The quantitative estimate of drug-likeness (QED) is 0.494. The molecule has 0 spiro atoms. The highest BCUT2D eigenvalue weighted by Gasteiger charge is 2.23. The number of rotatable bonds is 6. The van der Waals surface area contributed by atoms with Gasteiger partial charge in [0.05, 0.1) is 18.9 Å². The molecule has 4 rings (SSSR count). The molecule has 180 valence electrons. The van der Waals surface area contributed by atoms with Crippen LogP contribution in [0.4, 0.5) is 4.39 Å². The second kappa shape index (κ2) is 11.3. The number of methoxy groups -OCH3 is 1. The standard InChI is InChI=1S/C27H26FN3O4/c1-34-24-8-3-2-7-22(24)27(33)31-15-5-14-30(16-17-31)26(32)12-10-20-9-11-25(23(28)18-20)35-21-6-4-13-29-19-21/h2-4,6-13,18-19H,5,14-17H2,1H3/b12-10+. The Morgan fingerprint density at radius 2 is 1.77 bits per heavy atom. The maximum Gasteiger partial charge on any atom is 0.257 e. The normalized spacial score (nSPS) is 14.0. The lowest BCUT2D eigenvalue weighted by molar-refractivity contribution is -0.125. The zero-order valence-corrected chi connectivity index (χ0v) is 19.4. The first-order valence-electron chi connectivity index (χ1n) is 11.3. The summed E-state index contributed by atoms with van der Waals surface area (Å²) in [5, 5.41) is 0. The second-order valence-electron chi connectivity index (χ2n) is 7.99. The van der Waals surface area contributed by atoms with Gasteiger partial charge in [0.1, 0.15) is 11.5 Å². The lowest BCUT2D eigenvalue weighted by atomic mass is 10.1. The minimum Gasteiger partial charge on any atom is -0.496 e. The van der Waals surface area contributed by atoms with E-state index in [0.29, 0.717) is 55.2 Å². The lowest BCUT2D eigenvalue weighted by Crippen LogP contribution is -2.36. The van der Waals surface area contributed by atoms with E-state index in [2.05, 4.69) is 4.98 Å². The lowest BCUT2D eigenvalue weighted by Gasteiger charge is -2.22. The van der Waals surface area contributed by atoms with Gasteiger partial charge in [-0.15, -0.1) is 0 Å². The van der Waals surface area contributed by atoms with E-state index in [-0.39, 0.29) is 17.6 Å². The number of aromatic nitrogens is 1. The first-order chi connectivity index (χ1) is 17.0. The molecule has 1 fully saturated rings. The Morgan fingerprint density at radius 3 is 2.54 bits per heavy atom. The van der Waals surface area contributed by atoms with Crippen LogP contribution in [0.15, 0.2) is 73.1 Å². The summed E-state index contributed by atoms with van der Waals surface area (Å²) in [5.41, 5.74) is 1.05. The molecule has 0 radical (unpaired) electrons. The van der Waals surface area contributed by atoms with Crippen LogP contribution in [-0.2, 0) is 4.79 Å². The minimum absolute atomic E-state index is 0.0776. The number of hydrogen-bond acceptors (Lipinski definition) is 5. The molecular weight excluding hydrogens is 449 g/mol. The molecule has 3 aromatic rings. The van der Waals surface area contributed by atoms with Crippen LogP contribution in [0, 0.1) is 5.82 Å². The van der Waals surface area contributed by atoms with E-state index < -0.39 is 5.82 Å². The van der Waals surface area contributed by atoms with Crippen LogP contribution in [0.25, 0.3) is 6.08 Å². The SMILES string of the molecule is COc1ccccc1C(=O)N1CCCN(C(=O)/C=C/c2ccc(Oc3cccnc3)c(F)c2)CC1. The Balaban J connectivity index is 1.35. The van der Waals surface area contributed by atoms with Crippen molar-refractivity contribution in [3.05, 3.63) is 90.0 Å². The first-order valence-corrected chi connectivity index (χ1v) is 11.3. The van der Waals surface area contributed by atoms with Gasteiger partial charge in [0.15, 0.2) is 11.6 Å². The summed E-state index contributed by atoms with van der Waals surface area (Å²) in [4.78, 5) is 33.1. The molecule has 0 saturated carbocycles. The van der Waals surface area contributed by atoms with Gasteiger partial charge in [-0.2, -0.15) is 0 Å². The second-order valence-corrected chi connectivity index (χ2v) is 7.99. The zero-order valence-electron chi connectivity index (χ0n) is 19.4. The van der Waals surface area contributed by atoms with Gasteiger partial charge in [-0.1, -0.05) is 18.2 Å². The number of carbonyl (C=O) groups is 2. The van der Waals surface area contributed by atoms with E-state index in [1.54, 1.807) is 58.5 Å². The third-order valence-electron chi connectivity index (χ3n) is 5.67. The molecule has 7 nitrogen and oxygen atoms in total. The van der Waals surface area contributed by atoms with Crippen LogP contribution in [0.2, 0.25) is 0 Å². The molecule has 8 heteroatoms. The molecule has 1 saturated heterocycles. The maximum absolute atomic E-state index is 14.5. The number of hydrogen-bond donors (Lipinski definition) is 0. The smallest absolute Gasteiger partial charge is 0.257 e. The molecule has 2 aromatic carbocycles. The molecule has 2 heterocycles. The van der Waals surface area contributed by atoms with Crippen LogP contribution >= 0.6 is 0 Å². The topological polar surface area (TPSA) is 72.0 Å². The number of carbonyl (C=O) groups excluding carboxylic acids is 2. The first kappa shape index (κ1) is 23.9. The Hall–Kier alpha value is -4.20. The third-order valence-corrected chi connectivity index (χ3v) is 5.67. The van der Waals surface area contributed by atoms with E-state index >= 15 is 0 Å². The van der Waals surface area contributed by atoms with Crippen molar-refractivity contribution >= 4 is 17.9 Å². The van der Waals surface area contributed by atoms with Gasteiger partial charge in [-0.25, -0.2) is 4.39 Å². The van der Waals surface area contributed by atoms with Crippen molar-refractivity contribution < 1.29 is 23.5 Å². The highest BCUT2D eigenvalue weighted by Crippen LogP contribution is 2.25. The number of nitrogens with zero attached hydrogens (tertiary/aromatic N) is 3. The van der Waals surface area contributed by atoms with Gasteiger partial charge >= 0.3 is 0 Å². The molecule has 0 atom stereocenters. The fraction of sp³-hybridized carbons (Fsp3) is 0.222. The van der Waals surface area contributed by atoms with Gasteiger partial charge in [0, 0.05) is 38.5 Å². The summed E-state index contributed by atoms with van der Waals surface area (Å²) in [6, 6.07) is 15.0. The fourth-order valence-corrected chi connectivity index (χ4v) is 3.84. The predicted octanol–water partition coefficient (Wildman–Crippen LogP) is 4.41.